The lowest BCUT2D eigenvalue weighted by atomic mass is 9.97. The number of carbonyl (C=O) groups excluding carboxylic acids is 1. The maximum absolute atomic E-state index is 12.4. The van der Waals surface area contributed by atoms with Crippen LogP contribution in [0.25, 0.3) is 11.0 Å². The van der Waals surface area contributed by atoms with E-state index >= 15 is 0 Å². The fourth-order valence-corrected chi connectivity index (χ4v) is 4.11. The molecule has 150 valence electrons. The van der Waals surface area contributed by atoms with Gasteiger partial charge in [0.05, 0.1) is 25.2 Å². The number of fused-ring (bicyclic) bond motifs is 2. The van der Waals surface area contributed by atoms with E-state index in [0.29, 0.717) is 17.9 Å². The molecule has 3 heterocycles. The second-order valence-corrected chi connectivity index (χ2v) is 7.53. The highest BCUT2D eigenvalue weighted by Gasteiger charge is 2.27. The predicted octanol–water partition coefficient (Wildman–Crippen LogP) is 2.46. The molecule has 1 aromatic heterocycles. The molecule has 0 bridgehead atoms. The second-order valence-electron chi connectivity index (χ2n) is 7.53. The van der Waals surface area contributed by atoms with Crippen LogP contribution in [0.4, 0.5) is 0 Å². The Bertz CT molecular complexity index is 973. The Morgan fingerprint density at radius 1 is 1.32 bits per heavy atom. The van der Waals surface area contributed by atoms with Crippen LogP contribution in [0, 0.1) is 13.8 Å². The monoisotopic (exact) mass is 387 g/mol. The van der Waals surface area contributed by atoms with E-state index in [1.165, 1.54) is 7.11 Å². The molecule has 7 heteroatoms. The SMILES string of the molecule is COC(=O)Cc1c(C)c2cc3c(c(C)c2oc1=O)OCN(CC1CCCO1)C3. The van der Waals surface area contributed by atoms with Crippen molar-refractivity contribution in [3.63, 3.8) is 0 Å². The van der Waals surface area contributed by atoms with Crippen LogP contribution in [0.1, 0.15) is 35.1 Å². The van der Waals surface area contributed by atoms with E-state index in [-0.39, 0.29) is 12.5 Å². The summed E-state index contributed by atoms with van der Waals surface area (Å²) in [6, 6.07) is 2.01. The van der Waals surface area contributed by atoms with E-state index < -0.39 is 11.6 Å². The molecule has 0 spiro atoms. The number of aryl methyl sites for hydroxylation is 2. The van der Waals surface area contributed by atoms with Gasteiger partial charge in [-0.25, -0.2) is 4.79 Å². The number of rotatable bonds is 4. The largest absolute Gasteiger partial charge is 0.477 e. The minimum Gasteiger partial charge on any atom is -0.477 e. The molecule has 2 aliphatic heterocycles. The molecule has 4 rings (SSSR count). The first-order valence-electron chi connectivity index (χ1n) is 9.60. The van der Waals surface area contributed by atoms with Gasteiger partial charge in [-0.1, -0.05) is 0 Å². The standard InChI is InChI=1S/C21H25NO6/c1-12-16-7-14-9-22(10-15-5-4-6-26-15)11-27-19(14)13(2)20(16)28-21(24)17(12)8-18(23)25-3/h7,15H,4-6,8-11H2,1-3H3. The van der Waals surface area contributed by atoms with Gasteiger partial charge in [0.1, 0.15) is 18.1 Å². The number of esters is 1. The van der Waals surface area contributed by atoms with Crippen molar-refractivity contribution in [1.82, 2.24) is 4.90 Å². The zero-order valence-corrected chi connectivity index (χ0v) is 16.5. The highest BCUT2D eigenvalue weighted by atomic mass is 16.5. The van der Waals surface area contributed by atoms with Crippen LogP contribution in [0.5, 0.6) is 5.75 Å². The third kappa shape index (κ3) is 3.40. The maximum atomic E-state index is 12.4. The highest BCUT2D eigenvalue weighted by molar-refractivity contribution is 5.88. The third-order valence-electron chi connectivity index (χ3n) is 5.65. The van der Waals surface area contributed by atoms with Crippen molar-refractivity contribution in [1.29, 1.82) is 0 Å². The number of benzene rings is 1. The molecular formula is C21H25NO6. The summed E-state index contributed by atoms with van der Waals surface area (Å²) in [7, 11) is 1.31. The molecule has 2 aliphatic rings. The Labute approximate surface area is 163 Å². The summed E-state index contributed by atoms with van der Waals surface area (Å²) in [6.07, 6.45) is 2.36. The lowest BCUT2D eigenvalue weighted by Gasteiger charge is -2.31. The summed E-state index contributed by atoms with van der Waals surface area (Å²) in [4.78, 5) is 26.4. The number of nitrogens with zero attached hydrogens (tertiary/aromatic N) is 1. The lowest BCUT2D eigenvalue weighted by Crippen LogP contribution is -2.37. The zero-order valence-electron chi connectivity index (χ0n) is 16.5. The minimum absolute atomic E-state index is 0.0988. The Morgan fingerprint density at radius 2 is 2.14 bits per heavy atom. The molecule has 0 amide bonds. The van der Waals surface area contributed by atoms with Crippen LogP contribution < -0.4 is 10.4 Å². The summed E-state index contributed by atoms with van der Waals surface area (Å²) in [5, 5.41) is 0.831. The number of methoxy groups -OCH3 is 1. The predicted molar refractivity (Wildman–Crippen MR) is 103 cm³/mol. The van der Waals surface area contributed by atoms with Crippen molar-refractivity contribution < 1.29 is 23.4 Å². The Kier molecular flexibility index (Phi) is 5.12. The summed E-state index contributed by atoms with van der Waals surface area (Å²) >= 11 is 0. The molecule has 28 heavy (non-hydrogen) atoms. The van der Waals surface area contributed by atoms with Crippen molar-refractivity contribution in [3.8, 4) is 5.75 Å². The summed E-state index contributed by atoms with van der Waals surface area (Å²) < 4.78 is 22.0. The normalized spacial score (nSPS) is 19.5. The van der Waals surface area contributed by atoms with Crippen LogP contribution in [-0.2, 0) is 27.2 Å². The van der Waals surface area contributed by atoms with Crippen molar-refractivity contribution in [2.24, 2.45) is 0 Å². The molecule has 1 saturated heterocycles. The van der Waals surface area contributed by atoms with Gasteiger partial charge in [0, 0.05) is 36.2 Å². The number of hydrogen-bond acceptors (Lipinski definition) is 7. The van der Waals surface area contributed by atoms with Gasteiger partial charge in [-0.15, -0.1) is 0 Å². The van der Waals surface area contributed by atoms with Gasteiger partial charge in [0.2, 0.25) is 0 Å². The average Bonchev–Trinajstić information content (AvgIpc) is 3.19. The van der Waals surface area contributed by atoms with Crippen LogP contribution in [-0.4, -0.2) is 44.0 Å². The highest BCUT2D eigenvalue weighted by Crippen LogP contribution is 2.36. The molecule has 1 unspecified atom stereocenters. The summed E-state index contributed by atoms with van der Waals surface area (Å²) in [5.41, 5.74) is 2.96. The first-order chi connectivity index (χ1) is 13.5. The van der Waals surface area contributed by atoms with E-state index in [2.05, 4.69) is 4.90 Å². The van der Waals surface area contributed by atoms with Crippen molar-refractivity contribution in [2.75, 3.05) is 27.0 Å². The summed E-state index contributed by atoms with van der Waals surface area (Å²) in [6.45, 7) is 6.66. The van der Waals surface area contributed by atoms with Crippen LogP contribution in [0.3, 0.4) is 0 Å². The topological polar surface area (TPSA) is 78.2 Å². The third-order valence-corrected chi connectivity index (χ3v) is 5.65. The number of ether oxygens (including phenoxy) is 3. The molecule has 0 N–H and O–H groups in total. The van der Waals surface area contributed by atoms with E-state index in [1.54, 1.807) is 0 Å². The van der Waals surface area contributed by atoms with Crippen molar-refractivity contribution in [3.05, 3.63) is 38.7 Å². The number of hydrogen-bond donors (Lipinski definition) is 0. The van der Waals surface area contributed by atoms with Gasteiger partial charge in [0.25, 0.3) is 0 Å². The van der Waals surface area contributed by atoms with Gasteiger partial charge in [-0.05, 0) is 38.3 Å². The number of carbonyl (C=O) groups is 1. The summed E-state index contributed by atoms with van der Waals surface area (Å²) in [5.74, 6) is 0.315. The first-order valence-corrected chi connectivity index (χ1v) is 9.60. The van der Waals surface area contributed by atoms with Crippen LogP contribution >= 0.6 is 0 Å². The van der Waals surface area contributed by atoms with Gasteiger partial charge in [0.15, 0.2) is 0 Å². The molecule has 0 radical (unpaired) electrons. The fourth-order valence-electron chi connectivity index (χ4n) is 4.11. The lowest BCUT2D eigenvalue weighted by molar-refractivity contribution is -0.139. The van der Waals surface area contributed by atoms with E-state index in [4.69, 9.17) is 18.6 Å². The molecule has 7 nitrogen and oxygen atoms in total. The van der Waals surface area contributed by atoms with Gasteiger partial charge in [-0.3, -0.25) is 9.69 Å². The minimum atomic E-state index is -0.505. The molecule has 0 aliphatic carbocycles. The maximum Gasteiger partial charge on any atom is 0.340 e. The quantitative estimate of drug-likeness (QED) is 0.589. The van der Waals surface area contributed by atoms with Crippen LogP contribution in [0.15, 0.2) is 15.3 Å². The van der Waals surface area contributed by atoms with E-state index in [1.807, 2.05) is 19.9 Å². The van der Waals surface area contributed by atoms with Crippen molar-refractivity contribution >= 4 is 16.9 Å². The van der Waals surface area contributed by atoms with Gasteiger partial charge in [-0.2, -0.15) is 0 Å². The fraction of sp³-hybridized carbons (Fsp3) is 0.524. The Morgan fingerprint density at radius 3 is 2.86 bits per heavy atom. The van der Waals surface area contributed by atoms with Crippen LogP contribution in [0.2, 0.25) is 0 Å². The molecule has 2 aromatic rings. The molecule has 1 fully saturated rings. The smallest absolute Gasteiger partial charge is 0.340 e. The zero-order chi connectivity index (χ0) is 19.8. The molecule has 1 aromatic carbocycles. The molecule has 1 atom stereocenters. The van der Waals surface area contributed by atoms with E-state index in [0.717, 1.165) is 60.4 Å². The van der Waals surface area contributed by atoms with Gasteiger partial charge >= 0.3 is 11.6 Å². The average molecular weight is 387 g/mol. The van der Waals surface area contributed by atoms with E-state index in [9.17, 15) is 9.59 Å². The first kappa shape index (κ1) is 19.0. The molecular weight excluding hydrogens is 362 g/mol. The van der Waals surface area contributed by atoms with Gasteiger partial charge < -0.3 is 18.6 Å². The Hall–Kier alpha value is -2.38. The molecule has 0 saturated carbocycles. The second kappa shape index (κ2) is 7.56. The Balaban J connectivity index is 1.71. The van der Waals surface area contributed by atoms with Crippen molar-refractivity contribution in [2.45, 2.75) is 45.8 Å².